The van der Waals surface area contributed by atoms with Gasteiger partial charge < -0.3 is 10.4 Å². The molecule has 1 aliphatic rings. The minimum atomic E-state index is -5.05. The van der Waals surface area contributed by atoms with Crippen molar-refractivity contribution < 1.29 is 27.9 Å². The largest absolute Gasteiger partial charge is 0.425 e. The number of β-amino-alcohol motifs (C(OH)–C–C–N with tert-alkyl or cyclic N) is 1. The molecule has 1 aliphatic heterocycles. The molecule has 0 spiro atoms. The normalized spacial score (nSPS) is 20.5. The molecular weight excluding hydrogens is 399 g/mol. The van der Waals surface area contributed by atoms with Crippen LogP contribution in [0, 0.1) is 0 Å². The number of imide groups is 1. The lowest BCUT2D eigenvalue weighted by molar-refractivity contribution is -0.198. The monoisotopic (exact) mass is 421 g/mol. The number of carbonyl (C=O) groups excluding carboxylic acids is 2. The van der Waals surface area contributed by atoms with Gasteiger partial charge in [0.2, 0.25) is 5.54 Å². The van der Waals surface area contributed by atoms with Gasteiger partial charge in [0.25, 0.3) is 5.91 Å². The summed E-state index contributed by atoms with van der Waals surface area (Å²) in [7, 11) is 1.73. The average Bonchev–Trinajstić information content (AvgIpc) is 2.95. The van der Waals surface area contributed by atoms with E-state index in [9.17, 15) is 27.9 Å². The van der Waals surface area contributed by atoms with E-state index in [4.69, 9.17) is 0 Å². The lowest BCUT2D eigenvalue weighted by Crippen LogP contribution is -2.56. The van der Waals surface area contributed by atoms with E-state index < -0.39 is 36.3 Å². The highest BCUT2D eigenvalue weighted by molar-refractivity contribution is 6.08. The van der Waals surface area contributed by atoms with Crippen LogP contribution in [0.4, 0.5) is 18.0 Å². The van der Waals surface area contributed by atoms with Crippen LogP contribution in [-0.2, 0) is 16.9 Å². The van der Waals surface area contributed by atoms with Crippen LogP contribution in [0.15, 0.2) is 60.7 Å². The number of hydrogen-bond donors (Lipinski definition) is 2. The van der Waals surface area contributed by atoms with E-state index in [0.717, 1.165) is 17.7 Å². The van der Waals surface area contributed by atoms with Crippen molar-refractivity contribution in [1.82, 2.24) is 15.1 Å². The third-order valence-corrected chi connectivity index (χ3v) is 4.95. The molecule has 0 aromatic heterocycles. The summed E-state index contributed by atoms with van der Waals surface area (Å²) >= 11 is 0. The number of nitrogens with one attached hydrogen (secondary N) is 1. The van der Waals surface area contributed by atoms with Crippen molar-refractivity contribution in [3.8, 4) is 0 Å². The summed E-state index contributed by atoms with van der Waals surface area (Å²) < 4.78 is 41.9. The van der Waals surface area contributed by atoms with Crippen molar-refractivity contribution in [3.05, 3.63) is 71.8 Å². The fourth-order valence-electron chi connectivity index (χ4n) is 3.57. The van der Waals surface area contributed by atoms with Crippen molar-refractivity contribution >= 4 is 11.9 Å². The number of carbonyl (C=O) groups is 2. The molecule has 0 radical (unpaired) electrons. The van der Waals surface area contributed by atoms with Crippen LogP contribution in [-0.4, -0.2) is 59.3 Å². The molecule has 9 heteroatoms. The summed E-state index contributed by atoms with van der Waals surface area (Å²) in [5.74, 6) is -1.45. The molecule has 1 saturated heterocycles. The van der Waals surface area contributed by atoms with Gasteiger partial charge in [0.1, 0.15) is 0 Å². The molecule has 2 N–H and O–H groups in total. The maximum absolute atomic E-state index is 14.0. The number of alkyl halides is 3. The Morgan fingerprint density at radius 1 is 1.07 bits per heavy atom. The molecule has 0 saturated carbocycles. The summed E-state index contributed by atoms with van der Waals surface area (Å²) in [6, 6.07) is 14.7. The first-order valence-electron chi connectivity index (χ1n) is 9.32. The molecule has 1 fully saturated rings. The molecule has 0 bridgehead atoms. The van der Waals surface area contributed by atoms with E-state index in [1.165, 1.54) is 18.2 Å². The molecule has 2 aromatic carbocycles. The Morgan fingerprint density at radius 3 is 2.20 bits per heavy atom. The third-order valence-electron chi connectivity index (χ3n) is 4.95. The summed E-state index contributed by atoms with van der Waals surface area (Å²) in [5, 5.41) is 12.2. The summed E-state index contributed by atoms with van der Waals surface area (Å²) in [6.07, 6.45) is -6.27. The highest BCUT2D eigenvalue weighted by atomic mass is 19.4. The van der Waals surface area contributed by atoms with Crippen LogP contribution in [0.25, 0.3) is 0 Å². The number of nitrogens with zero attached hydrogens (tertiary/aromatic N) is 2. The molecular formula is C21H22F3N3O3. The van der Waals surface area contributed by atoms with Gasteiger partial charge in [-0.3, -0.25) is 14.6 Å². The number of rotatable bonds is 7. The second kappa shape index (κ2) is 8.45. The van der Waals surface area contributed by atoms with E-state index >= 15 is 0 Å². The number of urea groups is 1. The zero-order chi connectivity index (χ0) is 21.9. The first-order valence-corrected chi connectivity index (χ1v) is 9.32. The van der Waals surface area contributed by atoms with E-state index in [1.807, 2.05) is 35.6 Å². The van der Waals surface area contributed by atoms with Crippen LogP contribution in [0.5, 0.6) is 0 Å². The molecule has 3 rings (SSSR count). The van der Waals surface area contributed by atoms with Crippen LogP contribution < -0.4 is 5.32 Å². The number of aliphatic hydroxyl groups is 1. The standard InChI is InChI=1S/C21H22F3N3O3/c1-26(12-15-8-4-2-5-9-15)13-17(28)14-27-18(29)20(21(22,23)24,25-19(27)30)16-10-6-3-7-11-16/h2-11,17,28H,12-14H2,1H3,(H,25,30). The van der Waals surface area contributed by atoms with Crippen molar-refractivity contribution in [2.45, 2.75) is 24.4 Å². The molecule has 6 nitrogen and oxygen atoms in total. The first kappa shape index (κ1) is 21.8. The number of aliphatic hydroxyl groups excluding tert-OH is 1. The van der Waals surface area contributed by atoms with E-state index in [-0.39, 0.29) is 12.1 Å². The first-order chi connectivity index (χ1) is 14.1. The number of hydrogen-bond acceptors (Lipinski definition) is 4. The predicted molar refractivity (Wildman–Crippen MR) is 103 cm³/mol. The second-order valence-corrected chi connectivity index (χ2v) is 7.30. The van der Waals surface area contributed by atoms with Gasteiger partial charge in [-0.05, 0) is 18.2 Å². The average molecular weight is 421 g/mol. The zero-order valence-electron chi connectivity index (χ0n) is 16.3. The van der Waals surface area contributed by atoms with Gasteiger partial charge in [0.15, 0.2) is 0 Å². The Labute approximate surface area is 171 Å². The van der Waals surface area contributed by atoms with Gasteiger partial charge in [-0.1, -0.05) is 60.7 Å². The van der Waals surface area contributed by atoms with E-state index in [1.54, 1.807) is 11.9 Å². The predicted octanol–water partition coefficient (Wildman–Crippen LogP) is 2.49. The van der Waals surface area contributed by atoms with Crippen molar-refractivity contribution in [3.63, 3.8) is 0 Å². The van der Waals surface area contributed by atoms with Crippen LogP contribution in [0.1, 0.15) is 11.1 Å². The lowest BCUT2D eigenvalue weighted by atomic mass is 9.89. The number of likely N-dealkylation sites (N-methyl/N-ethyl adjacent to an activating group) is 1. The van der Waals surface area contributed by atoms with Gasteiger partial charge in [0, 0.05) is 13.1 Å². The maximum Gasteiger partial charge on any atom is 0.425 e. The fraction of sp³-hybridized carbons (Fsp3) is 0.333. The van der Waals surface area contributed by atoms with Crippen LogP contribution in [0.2, 0.25) is 0 Å². The van der Waals surface area contributed by atoms with Crippen molar-refractivity contribution in [2.75, 3.05) is 20.1 Å². The molecule has 3 amide bonds. The summed E-state index contributed by atoms with van der Waals surface area (Å²) in [4.78, 5) is 27.3. The van der Waals surface area contributed by atoms with Gasteiger partial charge in [-0.15, -0.1) is 0 Å². The highest BCUT2D eigenvalue weighted by Gasteiger charge is 2.68. The molecule has 160 valence electrons. The van der Waals surface area contributed by atoms with Gasteiger partial charge in [0.05, 0.1) is 12.6 Å². The van der Waals surface area contributed by atoms with E-state index in [0.29, 0.717) is 11.4 Å². The summed E-state index contributed by atoms with van der Waals surface area (Å²) in [5.41, 5.74) is -2.56. The number of benzene rings is 2. The number of amides is 3. The number of halogens is 3. The SMILES string of the molecule is CN(Cc1ccccc1)CC(O)CN1C(=O)NC(c2ccccc2)(C(F)(F)F)C1=O. The third kappa shape index (κ3) is 4.17. The van der Waals surface area contributed by atoms with Gasteiger partial charge >= 0.3 is 12.2 Å². The minimum absolute atomic E-state index is 0.0658. The van der Waals surface area contributed by atoms with Crippen LogP contribution >= 0.6 is 0 Å². The molecule has 30 heavy (non-hydrogen) atoms. The second-order valence-electron chi connectivity index (χ2n) is 7.30. The molecule has 2 atom stereocenters. The van der Waals surface area contributed by atoms with Crippen LogP contribution in [0.3, 0.4) is 0 Å². The lowest BCUT2D eigenvalue weighted by Gasteiger charge is -2.30. The highest BCUT2D eigenvalue weighted by Crippen LogP contribution is 2.43. The van der Waals surface area contributed by atoms with Gasteiger partial charge in [-0.2, -0.15) is 13.2 Å². The Kier molecular flexibility index (Phi) is 6.14. The quantitative estimate of drug-likeness (QED) is 0.674. The molecule has 2 unspecified atom stereocenters. The van der Waals surface area contributed by atoms with Gasteiger partial charge in [-0.25, -0.2) is 4.79 Å². The van der Waals surface area contributed by atoms with Crippen molar-refractivity contribution in [2.24, 2.45) is 0 Å². The molecule has 2 aromatic rings. The Hall–Kier alpha value is -2.91. The molecule has 1 heterocycles. The Bertz CT molecular complexity index is 893. The smallest absolute Gasteiger partial charge is 0.390 e. The fourth-order valence-corrected chi connectivity index (χ4v) is 3.57. The maximum atomic E-state index is 14.0. The topological polar surface area (TPSA) is 72.9 Å². The van der Waals surface area contributed by atoms with Crippen molar-refractivity contribution in [1.29, 1.82) is 0 Å². The van der Waals surface area contributed by atoms with E-state index in [2.05, 4.69) is 0 Å². The molecule has 0 aliphatic carbocycles. The Balaban J connectivity index is 1.74. The summed E-state index contributed by atoms with van der Waals surface area (Å²) in [6.45, 7) is 0.0132. The Morgan fingerprint density at radius 2 is 1.63 bits per heavy atom. The zero-order valence-corrected chi connectivity index (χ0v) is 16.3. The minimum Gasteiger partial charge on any atom is -0.390 e.